The smallest absolute Gasteiger partial charge is 0.136 e. The normalized spacial score (nSPS) is 13.7. The number of hydrogen-bond donors (Lipinski definition) is 0. The highest BCUT2D eigenvalue weighted by atomic mass is 32.2. The quantitative estimate of drug-likeness (QED) is 0.158. The van der Waals surface area contributed by atoms with Crippen molar-refractivity contribution in [1.29, 1.82) is 0 Å². The van der Waals surface area contributed by atoms with Crippen molar-refractivity contribution in [3.8, 4) is 55.6 Å². The van der Waals surface area contributed by atoms with Crippen molar-refractivity contribution >= 4 is 62.1 Å². The SMILES string of the molecule is c1ccc(-c2ccc(N(c3cccc(-c4ccc5c(c4)oc4ccccc45)c3)c3cc4c(cc3-c3cccc5c3N(c3ccccc3)CCS5)-c3ccccc3C43c4ccccc4-c4ccccc43)cc2)cc1. The molecule has 0 unspecified atom stereocenters. The van der Waals surface area contributed by atoms with E-state index in [1.165, 1.54) is 83.0 Å². The van der Waals surface area contributed by atoms with Crippen LogP contribution in [0.1, 0.15) is 22.3 Å². The molecule has 11 aromatic carbocycles. The van der Waals surface area contributed by atoms with E-state index in [9.17, 15) is 0 Å². The lowest BCUT2D eigenvalue weighted by atomic mass is 9.70. The van der Waals surface area contributed by atoms with Gasteiger partial charge in [0.2, 0.25) is 0 Å². The number of para-hydroxylation sites is 3. The monoisotopic (exact) mass is 950 g/mol. The molecule has 1 aromatic heterocycles. The Morgan fingerprint density at radius 2 is 0.959 bits per heavy atom. The molecule has 73 heavy (non-hydrogen) atoms. The molecule has 0 saturated heterocycles. The second kappa shape index (κ2) is 16.6. The molecule has 15 rings (SSSR count). The van der Waals surface area contributed by atoms with E-state index < -0.39 is 5.41 Å². The largest absolute Gasteiger partial charge is 0.456 e. The second-order valence-electron chi connectivity index (χ2n) is 19.4. The predicted octanol–water partition coefficient (Wildman–Crippen LogP) is 18.6. The van der Waals surface area contributed by atoms with Gasteiger partial charge in [0.15, 0.2) is 0 Å². The van der Waals surface area contributed by atoms with Crippen molar-refractivity contribution < 1.29 is 4.42 Å². The van der Waals surface area contributed by atoms with Crippen LogP contribution < -0.4 is 9.80 Å². The van der Waals surface area contributed by atoms with Crippen molar-refractivity contribution in [2.24, 2.45) is 0 Å². The lowest BCUT2D eigenvalue weighted by molar-refractivity contribution is 0.669. The molecule has 2 heterocycles. The summed E-state index contributed by atoms with van der Waals surface area (Å²) in [5.41, 5.74) is 24.3. The van der Waals surface area contributed by atoms with Crippen LogP contribution >= 0.6 is 11.8 Å². The van der Waals surface area contributed by atoms with Gasteiger partial charge in [0.25, 0.3) is 0 Å². The lowest BCUT2D eigenvalue weighted by Crippen LogP contribution is -2.26. The van der Waals surface area contributed by atoms with Crippen LogP contribution in [0, 0.1) is 0 Å². The van der Waals surface area contributed by atoms with E-state index in [0.29, 0.717) is 0 Å². The van der Waals surface area contributed by atoms with E-state index in [-0.39, 0.29) is 0 Å². The maximum atomic E-state index is 6.48. The topological polar surface area (TPSA) is 19.6 Å². The highest BCUT2D eigenvalue weighted by Crippen LogP contribution is 2.65. The number of hydrogen-bond acceptors (Lipinski definition) is 4. The zero-order chi connectivity index (χ0) is 48.0. The number of nitrogens with zero attached hydrogens (tertiary/aromatic N) is 2. The molecule has 344 valence electrons. The Balaban J connectivity index is 1.03. The molecule has 12 aromatic rings. The third-order valence-electron chi connectivity index (χ3n) is 15.6. The summed E-state index contributed by atoms with van der Waals surface area (Å²) in [4.78, 5) is 6.36. The molecular formula is C69H46N2OS. The van der Waals surface area contributed by atoms with Gasteiger partial charge in [-0.1, -0.05) is 182 Å². The first kappa shape index (κ1) is 41.9. The molecule has 0 radical (unpaired) electrons. The van der Waals surface area contributed by atoms with Gasteiger partial charge in [-0.15, -0.1) is 11.8 Å². The van der Waals surface area contributed by atoms with Crippen LogP contribution in [-0.4, -0.2) is 12.3 Å². The Bertz CT molecular complexity index is 4090. The molecule has 3 nitrogen and oxygen atoms in total. The fourth-order valence-electron chi connectivity index (χ4n) is 12.5. The van der Waals surface area contributed by atoms with Crippen LogP contribution in [-0.2, 0) is 5.41 Å². The number of rotatable bonds is 7. The minimum absolute atomic E-state index is 0.541. The molecule has 2 aliphatic carbocycles. The van der Waals surface area contributed by atoms with Crippen LogP contribution in [0.5, 0.6) is 0 Å². The molecule has 0 N–H and O–H groups in total. The Labute approximate surface area is 429 Å². The average molecular weight is 951 g/mol. The molecule has 1 aliphatic heterocycles. The summed E-state index contributed by atoms with van der Waals surface area (Å²) in [5, 5.41) is 2.25. The summed E-state index contributed by atoms with van der Waals surface area (Å²) >= 11 is 1.95. The van der Waals surface area contributed by atoms with Gasteiger partial charge < -0.3 is 14.2 Å². The molecule has 4 heteroatoms. The molecule has 0 amide bonds. The highest BCUT2D eigenvalue weighted by molar-refractivity contribution is 7.99. The van der Waals surface area contributed by atoms with Crippen LogP contribution in [0.15, 0.2) is 264 Å². The van der Waals surface area contributed by atoms with Gasteiger partial charge in [-0.05, 0) is 140 Å². The molecule has 0 bridgehead atoms. The van der Waals surface area contributed by atoms with Gasteiger partial charge in [-0.3, -0.25) is 0 Å². The van der Waals surface area contributed by atoms with Gasteiger partial charge >= 0.3 is 0 Å². The molecule has 0 atom stereocenters. The number of benzene rings is 11. The Morgan fingerprint density at radius 1 is 0.384 bits per heavy atom. The van der Waals surface area contributed by atoms with Crippen molar-refractivity contribution in [1.82, 2.24) is 0 Å². The molecule has 3 aliphatic rings. The minimum Gasteiger partial charge on any atom is -0.456 e. The number of thioether (sulfide) groups is 1. The zero-order valence-electron chi connectivity index (χ0n) is 39.9. The Hall–Kier alpha value is -8.83. The van der Waals surface area contributed by atoms with Gasteiger partial charge in [-0.25, -0.2) is 0 Å². The van der Waals surface area contributed by atoms with Crippen molar-refractivity contribution in [3.63, 3.8) is 0 Å². The van der Waals surface area contributed by atoms with Crippen LogP contribution in [0.25, 0.3) is 77.6 Å². The Kier molecular flexibility index (Phi) is 9.55. The maximum Gasteiger partial charge on any atom is 0.136 e. The second-order valence-corrected chi connectivity index (χ2v) is 20.5. The van der Waals surface area contributed by atoms with Crippen molar-refractivity contribution in [2.45, 2.75) is 10.3 Å². The van der Waals surface area contributed by atoms with Crippen molar-refractivity contribution in [2.75, 3.05) is 22.1 Å². The zero-order valence-corrected chi connectivity index (χ0v) is 40.7. The van der Waals surface area contributed by atoms with Crippen LogP contribution in [0.4, 0.5) is 28.4 Å². The minimum atomic E-state index is -0.541. The van der Waals surface area contributed by atoms with Crippen LogP contribution in [0.2, 0.25) is 0 Å². The fraction of sp³-hybridized carbons (Fsp3) is 0.0435. The maximum absolute atomic E-state index is 6.48. The highest BCUT2D eigenvalue weighted by Gasteiger charge is 2.52. The summed E-state index contributed by atoms with van der Waals surface area (Å²) < 4.78 is 6.48. The molecule has 0 saturated carbocycles. The van der Waals surface area contributed by atoms with Gasteiger partial charge in [0, 0.05) is 56.2 Å². The molecule has 0 fully saturated rings. The van der Waals surface area contributed by atoms with E-state index in [2.05, 4.69) is 259 Å². The third-order valence-corrected chi connectivity index (χ3v) is 16.6. The van der Waals surface area contributed by atoms with Crippen molar-refractivity contribution in [3.05, 3.63) is 277 Å². The van der Waals surface area contributed by atoms with E-state index in [4.69, 9.17) is 4.42 Å². The number of furan rings is 1. The summed E-state index contributed by atoms with van der Waals surface area (Å²) in [7, 11) is 0. The summed E-state index contributed by atoms with van der Waals surface area (Å²) in [6, 6.07) is 94.3. The molecular weight excluding hydrogens is 905 g/mol. The van der Waals surface area contributed by atoms with Gasteiger partial charge in [0.1, 0.15) is 11.2 Å². The third kappa shape index (κ3) is 6.40. The lowest BCUT2D eigenvalue weighted by Gasteiger charge is -2.36. The summed E-state index contributed by atoms with van der Waals surface area (Å²) in [6.45, 7) is 0.904. The first-order valence-electron chi connectivity index (χ1n) is 25.2. The first-order chi connectivity index (χ1) is 36.2. The Morgan fingerprint density at radius 3 is 1.71 bits per heavy atom. The van der Waals surface area contributed by atoms with Gasteiger partial charge in [0.05, 0.1) is 16.8 Å². The first-order valence-corrected chi connectivity index (χ1v) is 26.2. The fourth-order valence-corrected chi connectivity index (χ4v) is 13.5. The van der Waals surface area contributed by atoms with Crippen LogP contribution in [0.3, 0.4) is 0 Å². The predicted molar refractivity (Wildman–Crippen MR) is 305 cm³/mol. The van der Waals surface area contributed by atoms with Gasteiger partial charge in [-0.2, -0.15) is 0 Å². The average Bonchev–Trinajstić information content (AvgIpc) is 4.09. The van der Waals surface area contributed by atoms with E-state index in [1.54, 1.807) is 0 Å². The van der Waals surface area contributed by atoms with E-state index in [1.807, 2.05) is 17.8 Å². The standard InChI is InChI=1S/C69H46N2OS/c1-3-17-45(18-4-1)46-33-36-50(37-34-46)71(51-22-15-19-47(41-51)48-35-38-56-55-26-10-14-31-65(55)72-66(56)42-48)64-44-63-58(43-59(64)57-27-16-32-67-68(57)70(39-40-73-67)49-20-5-2-6-21-49)54-25-9-13-30-62(54)69(63)60-28-11-7-23-52(60)53-24-8-12-29-61(53)69/h1-38,41-44H,39-40H2. The summed E-state index contributed by atoms with van der Waals surface area (Å²) in [5.74, 6) is 1.00. The molecule has 1 spiro atoms. The number of anilines is 5. The summed E-state index contributed by atoms with van der Waals surface area (Å²) in [6.07, 6.45) is 0. The van der Waals surface area contributed by atoms with E-state index in [0.717, 1.165) is 62.4 Å². The van der Waals surface area contributed by atoms with E-state index >= 15 is 0 Å². The number of fused-ring (bicyclic) bond motifs is 14.